The molecule has 3 atom stereocenters. The number of nitrogens with one attached hydrogen (secondary N) is 1. The van der Waals surface area contributed by atoms with E-state index in [0.717, 1.165) is 17.0 Å². The monoisotopic (exact) mass is 670 g/mol. The summed E-state index contributed by atoms with van der Waals surface area (Å²) in [5.41, 5.74) is 0.573. The SMILES string of the molecule is COCOc1ccc(F)c(F)c1C(=O)C1CCCN(C(=O)O)C(OC(=O)c2ccccc2)C1NC(=O)c1cc(C)c(OCOC)c(C)c1. The van der Waals surface area contributed by atoms with Crippen LogP contribution in [-0.4, -0.2) is 80.4 Å². The maximum absolute atomic E-state index is 15.4. The van der Waals surface area contributed by atoms with Crippen molar-refractivity contribution >= 4 is 23.8 Å². The molecule has 1 aliphatic rings. The predicted octanol–water partition coefficient (Wildman–Crippen LogP) is 5.10. The molecule has 0 aromatic heterocycles. The van der Waals surface area contributed by atoms with E-state index in [1.807, 2.05) is 0 Å². The summed E-state index contributed by atoms with van der Waals surface area (Å²) in [5, 5.41) is 12.9. The van der Waals surface area contributed by atoms with Crippen LogP contribution in [0, 0.1) is 31.4 Å². The van der Waals surface area contributed by atoms with Crippen LogP contribution in [0.15, 0.2) is 54.6 Å². The number of hydrogen-bond donors (Lipinski definition) is 2. The second kappa shape index (κ2) is 16.2. The number of nitrogens with zero attached hydrogens (tertiary/aromatic N) is 1. The number of ketones is 1. The van der Waals surface area contributed by atoms with Crippen molar-refractivity contribution in [3.05, 3.63) is 94.0 Å². The van der Waals surface area contributed by atoms with E-state index in [9.17, 15) is 28.7 Å². The van der Waals surface area contributed by atoms with Crippen molar-refractivity contribution in [1.29, 1.82) is 0 Å². The van der Waals surface area contributed by atoms with Gasteiger partial charge in [0.25, 0.3) is 5.91 Å². The second-order valence-electron chi connectivity index (χ2n) is 11.0. The Morgan fingerprint density at radius 2 is 1.56 bits per heavy atom. The van der Waals surface area contributed by atoms with E-state index in [4.69, 9.17) is 23.7 Å². The average Bonchev–Trinajstić information content (AvgIpc) is 3.24. The number of esters is 1. The highest BCUT2D eigenvalue weighted by Gasteiger charge is 2.46. The number of methoxy groups -OCH3 is 2. The molecule has 0 spiro atoms. The minimum Gasteiger partial charge on any atom is -0.467 e. The van der Waals surface area contributed by atoms with Gasteiger partial charge in [-0.05, 0) is 74.2 Å². The normalized spacial score (nSPS) is 17.6. The highest BCUT2D eigenvalue weighted by molar-refractivity contribution is 6.02. The van der Waals surface area contributed by atoms with Gasteiger partial charge in [-0.1, -0.05) is 18.2 Å². The number of amides is 2. The van der Waals surface area contributed by atoms with Gasteiger partial charge in [-0.25, -0.2) is 18.4 Å². The van der Waals surface area contributed by atoms with Gasteiger partial charge in [-0.2, -0.15) is 0 Å². The predicted molar refractivity (Wildman–Crippen MR) is 166 cm³/mol. The van der Waals surface area contributed by atoms with Crippen molar-refractivity contribution in [2.24, 2.45) is 5.92 Å². The Kier molecular flexibility index (Phi) is 12.0. The smallest absolute Gasteiger partial charge is 0.410 e. The molecule has 256 valence electrons. The molecule has 3 unspecified atom stereocenters. The largest absolute Gasteiger partial charge is 0.467 e. The number of carbonyl (C=O) groups excluding carboxylic acids is 3. The standard InChI is InChI=1S/C34H36F2N2O10/c1-19-15-22(16-20(2)30(19)47-18-45-4)31(40)37-28-23(29(39)26-25(46-17-44-3)13-12-24(35)27(26)36)11-8-14-38(34(42)43)32(28)48-33(41)21-9-6-5-7-10-21/h5-7,9-10,12-13,15-16,23,28,32H,8,11,14,17-18H2,1-4H3,(H,37,40)(H,42,43). The topological polar surface area (TPSA) is 150 Å². The van der Waals surface area contributed by atoms with Crippen molar-refractivity contribution in [3.8, 4) is 11.5 Å². The minimum absolute atomic E-state index is 0.0364. The Labute approximate surface area is 275 Å². The molecule has 4 rings (SSSR count). The Morgan fingerprint density at radius 3 is 2.19 bits per heavy atom. The first-order valence-corrected chi connectivity index (χ1v) is 14.9. The lowest BCUT2D eigenvalue weighted by Gasteiger charge is -2.35. The molecular formula is C34H36F2N2O10. The first kappa shape index (κ1) is 35.8. The second-order valence-corrected chi connectivity index (χ2v) is 11.0. The lowest BCUT2D eigenvalue weighted by atomic mass is 9.85. The van der Waals surface area contributed by atoms with Gasteiger partial charge >= 0.3 is 12.1 Å². The van der Waals surface area contributed by atoms with Crippen LogP contribution in [0.3, 0.4) is 0 Å². The molecule has 14 heteroatoms. The minimum atomic E-state index is -1.76. The van der Waals surface area contributed by atoms with E-state index in [-0.39, 0.29) is 43.1 Å². The first-order valence-electron chi connectivity index (χ1n) is 14.9. The van der Waals surface area contributed by atoms with Crippen LogP contribution in [0.2, 0.25) is 0 Å². The molecule has 0 bridgehead atoms. The number of hydrogen-bond acceptors (Lipinski definition) is 9. The van der Waals surface area contributed by atoms with Crippen LogP contribution in [0.1, 0.15) is 55.0 Å². The lowest BCUT2D eigenvalue weighted by Crippen LogP contribution is -2.58. The van der Waals surface area contributed by atoms with E-state index in [1.54, 1.807) is 32.0 Å². The summed E-state index contributed by atoms with van der Waals surface area (Å²) >= 11 is 0. The highest BCUT2D eigenvalue weighted by Crippen LogP contribution is 2.34. The maximum Gasteiger partial charge on any atom is 0.410 e. The Hall–Kier alpha value is -5.08. The Balaban J connectivity index is 1.83. The zero-order chi connectivity index (χ0) is 35.0. The van der Waals surface area contributed by atoms with Gasteiger partial charge in [0.05, 0.1) is 17.2 Å². The van der Waals surface area contributed by atoms with Gasteiger partial charge < -0.3 is 34.1 Å². The number of carboxylic acid groups (broad SMARTS) is 1. The van der Waals surface area contributed by atoms with Crippen LogP contribution >= 0.6 is 0 Å². The molecule has 1 fully saturated rings. The number of aryl methyl sites for hydroxylation is 2. The lowest BCUT2D eigenvalue weighted by molar-refractivity contribution is -0.0416. The molecule has 0 saturated carbocycles. The number of benzene rings is 3. The van der Waals surface area contributed by atoms with Gasteiger partial charge in [0.1, 0.15) is 11.5 Å². The van der Waals surface area contributed by atoms with Gasteiger partial charge in [0.15, 0.2) is 31.0 Å². The summed E-state index contributed by atoms with van der Waals surface area (Å²) in [4.78, 5) is 54.8. The summed E-state index contributed by atoms with van der Waals surface area (Å²) in [6.45, 7) is 2.77. The summed E-state index contributed by atoms with van der Waals surface area (Å²) in [6, 6.07) is 11.0. The van der Waals surface area contributed by atoms with Gasteiger partial charge in [-0.15, -0.1) is 0 Å². The first-order chi connectivity index (χ1) is 23.0. The molecule has 3 aromatic rings. The number of ether oxygens (including phenoxy) is 5. The van der Waals surface area contributed by atoms with E-state index in [2.05, 4.69) is 5.32 Å². The zero-order valence-electron chi connectivity index (χ0n) is 26.8. The summed E-state index contributed by atoms with van der Waals surface area (Å²) < 4.78 is 56.5. The molecular weight excluding hydrogens is 634 g/mol. The number of halogens is 2. The van der Waals surface area contributed by atoms with Gasteiger partial charge in [-0.3, -0.25) is 14.5 Å². The third-order valence-electron chi connectivity index (χ3n) is 7.76. The van der Waals surface area contributed by atoms with Crippen molar-refractivity contribution in [3.63, 3.8) is 0 Å². The molecule has 0 aliphatic carbocycles. The molecule has 2 amide bonds. The van der Waals surface area contributed by atoms with E-state index >= 15 is 4.39 Å². The molecule has 3 aromatic carbocycles. The third-order valence-corrected chi connectivity index (χ3v) is 7.76. The molecule has 1 saturated heterocycles. The van der Waals surface area contributed by atoms with E-state index in [0.29, 0.717) is 16.9 Å². The van der Waals surface area contributed by atoms with Gasteiger partial charge in [0.2, 0.25) is 6.23 Å². The van der Waals surface area contributed by atoms with Gasteiger partial charge in [0, 0.05) is 32.2 Å². The fourth-order valence-electron chi connectivity index (χ4n) is 5.59. The van der Waals surface area contributed by atoms with Crippen LogP contribution in [0.4, 0.5) is 13.6 Å². The zero-order valence-corrected chi connectivity index (χ0v) is 26.8. The molecule has 1 heterocycles. The molecule has 12 nitrogen and oxygen atoms in total. The maximum atomic E-state index is 15.4. The number of rotatable bonds is 12. The van der Waals surface area contributed by atoms with Crippen LogP contribution < -0.4 is 14.8 Å². The molecule has 1 aliphatic heterocycles. The fraction of sp³-hybridized carbons (Fsp3) is 0.353. The van der Waals surface area contributed by atoms with Crippen LogP contribution in [0.5, 0.6) is 11.5 Å². The van der Waals surface area contributed by atoms with Crippen molar-refractivity contribution in [2.45, 2.75) is 39.0 Å². The molecule has 0 radical (unpaired) electrons. The summed E-state index contributed by atoms with van der Waals surface area (Å²) in [6.07, 6.45) is -3.32. The van der Waals surface area contributed by atoms with E-state index < -0.39 is 65.9 Å². The number of Topliss-reactive ketones (excluding diaryl/α,β-unsaturated/α-hetero) is 1. The van der Waals surface area contributed by atoms with Crippen molar-refractivity contribution in [2.75, 3.05) is 34.4 Å². The molecule has 48 heavy (non-hydrogen) atoms. The quantitative estimate of drug-likeness (QED) is 0.151. The Morgan fingerprint density at radius 1 is 0.917 bits per heavy atom. The van der Waals surface area contributed by atoms with Crippen LogP contribution in [-0.2, 0) is 14.2 Å². The summed E-state index contributed by atoms with van der Waals surface area (Å²) in [7, 11) is 2.75. The van der Waals surface area contributed by atoms with E-state index in [1.165, 1.54) is 38.5 Å². The van der Waals surface area contributed by atoms with Crippen molar-refractivity contribution < 1.29 is 56.7 Å². The average molecular weight is 671 g/mol. The third kappa shape index (κ3) is 8.06. The van der Waals surface area contributed by atoms with Crippen molar-refractivity contribution in [1.82, 2.24) is 10.2 Å². The Bertz CT molecular complexity index is 1630. The molecule has 2 N–H and O–H groups in total. The summed E-state index contributed by atoms with van der Waals surface area (Å²) in [5.74, 6) is -6.81. The van der Waals surface area contributed by atoms with Crippen LogP contribution in [0.25, 0.3) is 0 Å². The fourth-order valence-corrected chi connectivity index (χ4v) is 5.59. The number of carbonyl (C=O) groups is 4. The number of likely N-dealkylation sites (tertiary alicyclic amines) is 1. The highest BCUT2D eigenvalue weighted by atomic mass is 19.2.